The molecule has 1 fully saturated rings. The predicted octanol–water partition coefficient (Wildman–Crippen LogP) is 4.50. The van der Waals surface area contributed by atoms with Gasteiger partial charge in [0, 0.05) is 50.1 Å². The average Bonchev–Trinajstić information content (AvgIpc) is 3.41. The Kier molecular flexibility index (Phi) is 8.51. The Morgan fingerprint density at radius 3 is 2.66 bits per heavy atom. The highest BCUT2D eigenvalue weighted by molar-refractivity contribution is 7.10. The van der Waals surface area contributed by atoms with Gasteiger partial charge in [-0.15, -0.1) is 11.3 Å². The number of fused-ring (bicyclic) bond motifs is 1. The van der Waals surface area contributed by atoms with Crippen molar-refractivity contribution in [3.8, 4) is 0 Å². The number of amides is 2. The van der Waals surface area contributed by atoms with Crippen LogP contribution in [0.15, 0.2) is 66.0 Å². The highest BCUT2D eigenvalue weighted by Gasteiger charge is 2.32. The summed E-state index contributed by atoms with van der Waals surface area (Å²) >= 11 is 1.75. The first-order valence-corrected chi connectivity index (χ1v) is 14.1. The molecular weight excluding hydrogens is 501 g/mol. The molecule has 0 bridgehead atoms. The van der Waals surface area contributed by atoms with Crippen molar-refractivity contribution in [2.24, 2.45) is 0 Å². The lowest BCUT2D eigenvalue weighted by molar-refractivity contribution is -0.146. The number of nitrogens with zero attached hydrogens (tertiary/aromatic N) is 3. The summed E-state index contributed by atoms with van der Waals surface area (Å²) in [6, 6.07) is 18.6. The van der Waals surface area contributed by atoms with E-state index in [4.69, 9.17) is 4.74 Å². The predicted molar refractivity (Wildman–Crippen MR) is 146 cm³/mol. The van der Waals surface area contributed by atoms with E-state index in [0.29, 0.717) is 39.2 Å². The van der Waals surface area contributed by atoms with Crippen molar-refractivity contribution in [1.82, 2.24) is 14.7 Å². The summed E-state index contributed by atoms with van der Waals surface area (Å²) in [4.78, 5) is 33.3. The second-order valence-corrected chi connectivity index (χ2v) is 11.0. The number of piperazine rings is 1. The molecule has 5 rings (SSSR count). The van der Waals surface area contributed by atoms with E-state index in [1.165, 1.54) is 16.5 Å². The fraction of sp³-hybridized carbons (Fsp3) is 0.400. The van der Waals surface area contributed by atoms with Crippen molar-refractivity contribution < 1.29 is 18.7 Å². The van der Waals surface area contributed by atoms with Crippen LogP contribution in [0.25, 0.3) is 0 Å². The second kappa shape index (κ2) is 12.2. The Bertz CT molecular complexity index is 1250. The molecule has 2 atom stereocenters. The lowest BCUT2D eigenvalue weighted by Crippen LogP contribution is -2.56. The maximum absolute atomic E-state index is 14.1. The van der Waals surface area contributed by atoms with E-state index in [1.807, 2.05) is 53.1 Å². The summed E-state index contributed by atoms with van der Waals surface area (Å²) in [6.07, 6.45) is 1.34. The van der Waals surface area contributed by atoms with Gasteiger partial charge >= 0.3 is 0 Å². The Morgan fingerprint density at radius 2 is 1.87 bits per heavy atom. The molecule has 2 aliphatic heterocycles. The lowest BCUT2D eigenvalue weighted by atomic mass is 9.93. The number of rotatable bonds is 8. The van der Waals surface area contributed by atoms with Crippen LogP contribution in [0.3, 0.4) is 0 Å². The maximum Gasteiger partial charge on any atom is 0.248 e. The lowest BCUT2D eigenvalue weighted by Gasteiger charge is -2.40. The molecule has 38 heavy (non-hydrogen) atoms. The molecule has 3 heterocycles. The van der Waals surface area contributed by atoms with Gasteiger partial charge in [-0.25, -0.2) is 4.39 Å². The molecule has 0 spiro atoms. The van der Waals surface area contributed by atoms with E-state index in [1.54, 1.807) is 23.5 Å². The molecule has 200 valence electrons. The van der Waals surface area contributed by atoms with Crippen LogP contribution in [0.2, 0.25) is 0 Å². The smallest absolute Gasteiger partial charge is 0.248 e. The van der Waals surface area contributed by atoms with Crippen molar-refractivity contribution in [3.05, 3.63) is 93.4 Å². The summed E-state index contributed by atoms with van der Waals surface area (Å²) in [5, 5.41) is 2.10. The normalized spacial score (nSPS) is 19.8. The number of carbonyl (C=O) groups excluding carboxylic acids is 2. The zero-order valence-electron chi connectivity index (χ0n) is 21.7. The third-order valence-corrected chi connectivity index (χ3v) is 8.48. The molecular formula is C30H34FN3O3S. The standard InChI is InChI=1S/C30H34FN3O3S/c1-22-19-33(15-16-34(22)29(36)21-37-20-23-6-3-2-4-7-23)28(35)11-14-32-13-10-27-26(12-17-38-27)30(32)24-8-5-9-25(31)18-24/h2-9,12,17-18,22,30H,10-11,13-16,19-21H2,1H3/t22-,30+/m0/s1. The summed E-state index contributed by atoms with van der Waals surface area (Å²) in [5.74, 6) is -0.190. The third kappa shape index (κ3) is 6.14. The molecule has 1 saturated heterocycles. The van der Waals surface area contributed by atoms with E-state index in [0.717, 1.165) is 24.1 Å². The Balaban J connectivity index is 1.13. The van der Waals surface area contributed by atoms with E-state index < -0.39 is 0 Å². The van der Waals surface area contributed by atoms with Crippen molar-refractivity contribution >= 4 is 23.2 Å². The van der Waals surface area contributed by atoms with Crippen molar-refractivity contribution in [3.63, 3.8) is 0 Å². The molecule has 2 aromatic carbocycles. The van der Waals surface area contributed by atoms with Crippen LogP contribution in [0.4, 0.5) is 4.39 Å². The summed E-state index contributed by atoms with van der Waals surface area (Å²) < 4.78 is 19.7. The number of hydrogen-bond acceptors (Lipinski definition) is 5. The topological polar surface area (TPSA) is 53.1 Å². The third-order valence-electron chi connectivity index (χ3n) is 7.48. The SMILES string of the molecule is C[C@H]1CN(C(=O)CCN2CCc3sccc3[C@H]2c2cccc(F)c2)CCN1C(=O)COCc1ccccc1. The van der Waals surface area contributed by atoms with Crippen LogP contribution in [0, 0.1) is 5.82 Å². The van der Waals surface area contributed by atoms with Gasteiger partial charge in [-0.3, -0.25) is 14.5 Å². The van der Waals surface area contributed by atoms with Crippen LogP contribution in [-0.4, -0.2) is 71.9 Å². The molecule has 0 unspecified atom stereocenters. The van der Waals surface area contributed by atoms with Gasteiger partial charge in [0.25, 0.3) is 0 Å². The van der Waals surface area contributed by atoms with Gasteiger partial charge in [0.2, 0.25) is 11.8 Å². The highest BCUT2D eigenvalue weighted by atomic mass is 32.1. The number of ether oxygens (including phenoxy) is 1. The van der Waals surface area contributed by atoms with Crippen LogP contribution in [0.1, 0.15) is 41.0 Å². The van der Waals surface area contributed by atoms with Crippen molar-refractivity contribution in [1.29, 1.82) is 0 Å². The number of benzene rings is 2. The molecule has 1 aromatic heterocycles. The minimum Gasteiger partial charge on any atom is -0.367 e. The number of halogens is 1. The van der Waals surface area contributed by atoms with Gasteiger partial charge < -0.3 is 14.5 Å². The maximum atomic E-state index is 14.1. The minimum atomic E-state index is -0.243. The van der Waals surface area contributed by atoms with E-state index in [2.05, 4.69) is 16.3 Å². The molecule has 3 aromatic rings. The summed E-state index contributed by atoms with van der Waals surface area (Å²) in [6.45, 7) is 5.42. The molecule has 0 saturated carbocycles. The van der Waals surface area contributed by atoms with Gasteiger partial charge in [0.05, 0.1) is 12.6 Å². The molecule has 2 aliphatic rings. The Labute approximate surface area is 227 Å². The van der Waals surface area contributed by atoms with E-state index in [9.17, 15) is 14.0 Å². The average molecular weight is 536 g/mol. The number of carbonyl (C=O) groups is 2. The first kappa shape index (κ1) is 26.5. The molecule has 0 N–H and O–H groups in total. The van der Waals surface area contributed by atoms with Gasteiger partial charge in [-0.1, -0.05) is 42.5 Å². The minimum absolute atomic E-state index is 0.0359. The Morgan fingerprint density at radius 1 is 1.03 bits per heavy atom. The molecule has 6 nitrogen and oxygen atoms in total. The van der Waals surface area contributed by atoms with Crippen LogP contribution >= 0.6 is 11.3 Å². The molecule has 8 heteroatoms. The summed E-state index contributed by atoms with van der Waals surface area (Å²) in [5.41, 5.74) is 3.17. The summed E-state index contributed by atoms with van der Waals surface area (Å²) in [7, 11) is 0. The molecule has 2 amide bonds. The molecule has 0 aliphatic carbocycles. The Hall–Kier alpha value is -3.07. The molecule has 0 radical (unpaired) electrons. The van der Waals surface area contributed by atoms with Gasteiger partial charge in [-0.2, -0.15) is 0 Å². The number of thiophene rings is 1. The quantitative estimate of drug-likeness (QED) is 0.426. The first-order chi connectivity index (χ1) is 18.5. The highest BCUT2D eigenvalue weighted by Crippen LogP contribution is 2.38. The largest absolute Gasteiger partial charge is 0.367 e. The number of hydrogen-bond donors (Lipinski definition) is 0. The van der Waals surface area contributed by atoms with Gasteiger partial charge in [-0.05, 0) is 53.6 Å². The van der Waals surface area contributed by atoms with Gasteiger partial charge in [0.15, 0.2) is 0 Å². The zero-order chi connectivity index (χ0) is 26.5. The van der Waals surface area contributed by atoms with Crippen LogP contribution in [-0.2, 0) is 27.4 Å². The second-order valence-electron chi connectivity index (χ2n) is 10.0. The van der Waals surface area contributed by atoms with E-state index >= 15 is 0 Å². The first-order valence-electron chi connectivity index (χ1n) is 13.2. The van der Waals surface area contributed by atoms with Crippen LogP contribution < -0.4 is 0 Å². The fourth-order valence-electron chi connectivity index (χ4n) is 5.54. The monoisotopic (exact) mass is 535 g/mol. The van der Waals surface area contributed by atoms with Crippen molar-refractivity contribution in [2.45, 2.75) is 38.5 Å². The zero-order valence-corrected chi connectivity index (χ0v) is 22.5. The van der Waals surface area contributed by atoms with Crippen LogP contribution in [0.5, 0.6) is 0 Å². The van der Waals surface area contributed by atoms with Gasteiger partial charge in [0.1, 0.15) is 12.4 Å². The van der Waals surface area contributed by atoms with E-state index in [-0.39, 0.29) is 36.3 Å². The fourth-order valence-corrected chi connectivity index (χ4v) is 6.45. The van der Waals surface area contributed by atoms with Crippen molar-refractivity contribution in [2.75, 3.05) is 39.3 Å².